The van der Waals surface area contributed by atoms with Crippen LogP contribution in [-0.4, -0.2) is 21.7 Å². The van der Waals surface area contributed by atoms with E-state index in [4.69, 9.17) is 0 Å². The number of rotatable bonds is 3. The third-order valence-corrected chi connectivity index (χ3v) is 4.30. The number of carbonyl (C=O) groups excluding carboxylic acids is 1. The van der Waals surface area contributed by atoms with Gasteiger partial charge in [0.15, 0.2) is 0 Å². The Hall–Kier alpha value is -1.32. The molecule has 1 aromatic heterocycles. The van der Waals surface area contributed by atoms with Gasteiger partial charge in [-0.2, -0.15) is 5.10 Å². The molecular formula is C15H25N3O. The van der Waals surface area contributed by atoms with Crippen LogP contribution in [0.4, 0.5) is 0 Å². The first-order chi connectivity index (χ1) is 8.97. The van der Waals surface area contributed by atoms with E-state index in [9.17, 15) is 4.79 Å². The molecule has 19 heavy (non-hydrogen) atoms. The van der Waals surface area contributed by atoms with Crippen molar-refractivity contribution in [3.8, 4) is 0 Å². The molecule has 1 N–H and O–H groups in total. The van der Waals surface area contributed by atoms with E-state index >= 15 is 0 Å². The number of nitrogens with one attached hydrogen (secondary N) is 1. The zero-order chi connectivity index (χ0) is 14.0. The van der Waals surface area contributed by atoms with Crippen LogP contribution >= 0.6 is 0 Å². The van der Waals surface area contributed by atoms with Gasteiger partial charge < -0.3 is 5.32 Å². The van der Waals surface area contributed by atoms with Gasteiger partial charge >= 0.3 is 0 Å². The quantitative estimate of drug-likeness (QED) is 0.909. The summed E-state index contributed by atoms with van der Waals surface area (Å²) in [5.74, 6) is 0.874. The molecule has 1 amide bonds. The summed E-state index contributed by atoms with van der Waals surface area (Å²) in [5.41, 5.74) is 3.13. The fourth-order valence-corrected chi connectivity index (χ4v) is 3.08. The van der Waals surface area contributed by atoms with Gasteiger partial charge in [-0.3, -0.25) is 9.48 Å². The summed E-state index contributed by atoms with van der Waals surface area (Å²) in [4.78, 5) is 12.2. The Morgan fingerprint density at radius 3 is 2.74 bits per heavy atom. The Morgan fingerprint density at radius 2 is 2.16 bits per heavy atom. The van der Waals surface area contributed by atoms with Gasteiger partial charge in [0.1, 0.15) is 0 Å². The average Bonchev–Trinajstić information content (AvgIpc) is 2.56. The van der Waals surface area contributed by atoms with Crippen LogP contribution in [0, 0.1) is 19.8 Å². The summed E-state index contributed by atoms with van der Waals surface area (Å²) < 4.78 is 1.85. The number of hydrogen-bond donors (Lipinski definition) is 1. The van der Waals surface area contributed by atoms with Crippen molar-refractivity contribution in [3.05, 3.63) is 17.0 Å². The lowest BCUT2D eigenvalue weighted by Crippen LogP contribution is -2.38. The summed E-state index contributed by atoms with van der Waals surface area (Å²) in [6, 6.07) is 0.369. The Bertz CT molecular complexity index is 464. The number of carbonyl (C=O) groups is 1. The van der Waals surface area contributed by atoms with Gasteiger partial charge in [0.05, 0.1) is 12.1 Å². The van der Waals surface area contributed by atoms with Crippen LogP contribution in [0.2, 0.25) is 0 Å². The molecular weight excluding hydrogens is 238 g/mol. The fraction of sp³-hybridized carbons (Fsp3) is 0.733. The fourth-order valence-electron chi connectivity index (χ4n) is 3.08. The van der Waals surface area contributed by atoms with Crippen LogP contribution in [0.25, 0.3) is 0 Å². The molecule has 4 heteroatoms. The molecule has 1 heterocycles. The molecule has 2 atom stereocenters. The molecule has 0 radical (unpaired) electrons. The predicted molar refractivity (Wildman–Crippen MR) is 75.9 cm³/mol. The van der Waals surface area contributed by atoms with Crippen LogP contribution < -0.4 is 5.32 Å². The Kier molecular flexibility index (Phi) is 4.27. The average molecular weight is 263 g/mol. The second-order valence-electron chi connectivity index (χ2n) is 5.99. The van der Waals surface area contributed by atoms with Gasteiger partial charge in [-0.1, -0.05) is 19.8 Å². The molecule has 0 aliphatic heterocycles. The van der Waals surface area contributed by atoms with Crippen LogP contribution in [0.5, 0.6) is 0 Å². The monoisotopic (exact) mass is 263 g/mol. The summed E-state index contributed by atoms with van der Waals surface area (Å²) in [5, 5.41) is 7.54. The third kappa shape index (κ3) is 3.37. The predicted octanol–water partition coefficient (Wildman–Crippen LogP) is 2.27. The van der Waals surface area contributed by atoms with Crippen molar-refractivity contribution in [2.24, 2.45) is 13.0 Å². The van der Waals surface area contributed by atoms with Gasteiger partial charge in [0, 0.05) is 24.3 Å². The van der Waals surface area contributed by atoms with E-state index in [0.717, 1.165) is 35.7 Å². The highest BCUT2D eigenvalue weighted by Gasteiger charge is 2.21. The normalized spacial score (nSPS) is 23.4. The summed E-state index contributed by atoms with van der Waals surface area (Å²) in [7, 11) is 1.92. The van der Waals surface area contributed by atoms with Gasteiger partial charge in [-0.05, 0) is 32.6 Å². The van der Waals surface area contributed by atoms with E-state index in [0.29, 0.717) is 12.5 Å². The van der Waals surface area contributed by atoms with Crippen LogP contribution in [0.1, 0.15) is 49.6 Å². The first kappa shape index (κ1) is 14.1. The van der Waals surface area contributed by atoms with Gasteiger partial charge in [0.2, 0.25) is 5.91 Å². The number of aromatic nitrogens is 2. The van der Waals surface area contributed by atoms with Crippen LogP contribution in [0.3, 0.4) is 0 Å². The maximum atomic E-state index is 12.2. The minimum Gasteiger partial charge on any atom is -0.353 e. The highest BCUT2D eigenvalue weighted by Crippen LogP contribution is 2.23. The first-order valence-electron chi connectivity index (χ1n) is 7.25. The van der Waals surface area contributed by atoms with Crippen molar-refractivity contribution in [1.82, 2.24) is 15.1 Å². The lowest BCUT2D eigenvalue weighted by atomic mass is 9.87. The highest BCUT2D eigenvalue weighted by molar-refractivity contribution is 5.79. The maximum Gasteiger partial charge on any atom is 0.224 e. The Balaban J connectivity index is 1.94. The van der Waals surface area contributed by atoms with E-state index in [2.05, 4.69) is 17.3 Å². The standard InChI is InChI=1S/C15H25N3O/c1-10-6-5-7-13(8-10)16-15(19)9-14-11(2)17-18(4)12(14)3/h10,13H,5-9H2,1-4H3,(H,16,19). The summed E-state index contributed by atoms with van der Waals surface area (Å²) in [6.45, 7) is 6.26. The molecule has 0 spiro atoms. The molecule has 1 aliphatic carbocycles. The van der Waals surface area contributed by atoms with Gasteiger partial charge in [0.25, 0.3) is 0 Å². The van der Waals surface area contributed by atoms with Crippen LogP contribution in [-0.2, 0) is 18.3 Å². The molecule has 1 fully saturated rings. The summed E-state index contributed by atoms with van der Waals surface area (Å²) >= 11 is 0. The van der Waals surface area contributed by atoms with E-state index in [1.54, 1.807) is 0 Å². The van der Waals surface area contributed by atoms with E-state index in [1.807, 2.05) is 25.6 Å². The van der Waals surface area contributed by atoms with Crippen molar-refractivity contribution in [2.75, 3.05) is 0 Å². The highest BCUT2D eigenvalue weighted by atomic mass is 16.1. The molecule has 106 valence electrons. The molecule has 1 aromatic rings. The number of aryl methyl sites for hydroxylation is 2. The van der Waals surface area contributed by atoms with E-state index < -0.39 is 0 Å². The molecule has 2 rings (SSSR count). The number of amides is 1. The van der Waals surface area contributed by atoms with Crippen molar-refractivity contribution in [3.63, 3.8) is 0 Å². The molecule has 4 nitrogen and oxygen atoms in total. The number of hydrogen-bond acceptors (Lipinski definition) is 2. The SMILES string of the molecule is Cc1nn(C)c(C)c1CC(=O)NC1CCCC(C)C1. The summed E-state index contributed by atoms with van der Waals surface area (Å²) in [6.07, 6.45) is 5.23. The van der Waals surface area contributed by atoms with Crippen molar-refractivity contribution < 1.29 is 4.79 Å². The first-order valence-corrected chi connectivity index (χ1v) is 7.25. The van der Waals surface area contributed by atoms with Crippen molar-refractivity contribution in [2.45, 2.75) is 58.9 Å². The molecule has 0 saturated heterocycles. The molecule has 1 aliphatic rings. The minimum absolute atomic E-state index is 0.137. The Morgan fingerprint density at radius 1 is 1.42 bits per heavy atom. The number of nitrogens with zero attached hydrogens (tertiary/aromatic N) is 2. The van der Waals surface area contributed by atoms with Crippen molar-refractivity contribution >= 4 is 5.91 Å². The third-order valence-electron chi connectivity index (χ3n) is 4.30. The molecule has 0 bridgehead atoms. The zero-order valence-corrected chi connectivity index (χ0v) is 12.5. The van der Waals surface area contributed by atoms with E-state index in [1.165, 1.54) is 12.8 Å². The molecule has 0 aromatic carbocycles. The smallest absolute Gasteiger partial charge is 0.224 e. The van der Waals surface area contributed by atoms with E-state index in [-0.39, 0.29) is 5.91 Å². The topological polar surface area (TPSA) is 46.9 Å². The lowest BCUT2D eigenvalue weighted by molar-refractivity contribution is -0.121. The van der Waals surface area contributed by atoms with Gasteiger partial charge in [-0.15, -0.1) is 0 Å². The largest absolute Gasteiger partial charge is 0.353 e. The second-order valence-corrected chi connectivity index (χ2v) is 5.99. The molecule has 2 unspecified atom stereocenters. The van der Waals surface area contributed by atoms with Crippen LogP contribution in [0.15, 0.2) is 0 Å². The maximum absolute atomic E-state index is 12.2. The second kappa shape index (κ2) is 5.76. The van der Waals surface area contributed by atoms with Crippen molar-refractivity contribution in [1.29, 1.82) is 0 Å². The Labute approximate surface area is 115 Å². The van der Waals surface area contributed by atoms with Gasteiger partial charge in [-0.25, -0.2) is 0 Å². The lowest BCUT2D eigenvalue weighted by Gasteiger charge is -2.27. The molecule has 1 saturated carbocycles. The zero-order valence-electron chi connectivity index (χ0n) is 12.5. The minimum atomic E-state index is 0.137.